The van der Waals surface area contributed by atoms with Crippen molar-refractivity contribution in [3.05, 3.63) is 93.8 Å². The molecule has 2 aromatic carbocycles. The average Bonchev–Trinajstić information content (AvgIpc) is 3.14. The summed E-state index contributed by atoms with van der Waals surface area (Å²) in [6, 6.07) is 14.0. The number of fused-ring (bicyclic) bond motifs is 2. The molecule has 52 heavy (non-hydrogen) atoms. The Balaban J connectivity index is 0.000000270. The van der Waals surface area contributed by atoms with E-state index in [-0.39, 0.29) is 81.5 Å². The third kappa shape index (κ3) is 9.39. The van der Waals surface area contributed by atoms with Gasteiger partial charge in [-0.25, -0.2) is 0 Å². The van der Waals surface area contributed by atoms with E-state index in [4.69, 9.17) is 11.5 Å². The Labute approximate surface area is 352 Å². The number of benzene rings is 2. The van der Waals surface area contributed by atoms with Gasteiger partial charge in [0, 0.05) is 27.6 Å². The number of β-lactam (4-membered cyclic amide) rings is 2. The standard InChI is InChI=1S/2C15H18N3O5PS.2Na/c2*16-10(8-4-2-1-3-5-8)12(20)17-11-13(21)18-14(24(22)23)9(6-19)7-25-15(11)18;;/h2*1-5,10-11,15,19,24H,6-7,16H2,(H,17,20)(H,22,23);;/q;;2*+1/p-2/t2*10?,11-,15+;;/m11../s1. The quantitative estimate of drug-likeness (QED) is 0.0740. The molecule has 6 rings (SSSR count). The van der Waals surface area contributed by atoms with Crippen LogP contribution >= 0.6 is 39.6 Å². The van der Waals surface area contributed by atoms with E-state index >= 15 is 0 Å². The number of aliphatic hydroxyl groups excluding tert-OH is 2. The minimum absolute atomic E-state index is 0. The van der Waals surface area contributed by atoms with Crippen molar-refractivity contribution >= 4 is 63.2 Å². The number of carbonyl (C=O) groups excluding carboxylic acids is 4. The van der Waals surface area contributed by atoms with Crippen molar-refractivity contribution in [2.75, 3.05) is 24.7 Å². The smallest absolute Gasteiger partial charge is 0.797 e. The van der Waals surface area contributed by atoms with Gasteiger partial charge in [0.1, 0.15) is 34.9 Å². The van der Waals surface area contributed by atoms with Gasteiger partial charge in [-0.15, -0.1) is 23.5 Å². The predicted molar refractivity (Wildman–Crippen MR) is 183 cm³/mol. The van der Waals surface area contributed by atoms with Gasteiger partial charge in [-0.3, -0.25) is 29.0 Å². The number of rotatable bonds is 10. The van der Waals surface area contributed by atoms with Crippen LogP contribution in [0.2, 0.25) is 0 Å². The van der Waals surface area contributed by atoms with E-state index in [1.165, 1.54) is 23.5 Å². The van der Waals surface area contributed by atoms with Gasteiger partial charge in [-0.1, -0.05) is 60.7 Å². The molecule has 16 nitrogen and oxygen atoms in total. The molecule has 4 aliphatic heterocycles. The second kappa shape index (κ2) is 20.1. The summed E-state index contributed by atoms with van der Waals surface area (Å²) in [5.74, 6) is -1.45. The van der Waals surface area contributed by atoms with E-state index in [0.29, 0.717) is 22.3 Å². The zero-order chi connectivity index (χ0) is 36.3. The van der Waals surface area contributed by atoms with E-state index in [9.17, 15) is 48.3 Å². The second-order valence-electron chi connectivity index (χ2n) is 11.4. The summed E-state index contributed by atoms with van der Waals surface area (Å²) in [6.45, 7) is -0.846. The molecule has 0 aromatic heterocycles. The summed E-state index contributed by atoms with van der Waals surface area (Å²) >= 11 is 2.60. The zero-order valence-electron chi connectivity index (χ0n) is 28.1. The fourth-order valence-corrected chi connectivity index (χ4v) is 10.6. The van der Waals surface area contributed by atoms with Gasteiger partial charge in [0.15, 0.2) is 0 Å². The first-order valence-electron chi connectivity index (χ1n) is 15.1. The molecule has 2 aromatic rings. The molecule has 2 saturated heterocycles. The van der Waals surface area contributed by atoms with Crippen LogP contribution in [0.1, 0.15) is 23.2 Å². The molecule has 0 saturated carbocycles. The molecule has 8 N–H and O–H groups in total. The number of hydrogen-bond acceptors (Lipinski definition) is 14. The second-order valence-corrected chi connectivity index (χ2v) is 15.7. The van der Waals surface area contributed by atoms with Gasteiger partial charge < -0.3 is 51.2 Å². The van der Waals surface area contributed by atoms with E-state index < -0.39 is 87.8 Å². The van der Waals surface area contributed by atoms with E-state index in [2.05, 4.69) is 10.6 Å². The normalized spacial score (nSPS) is 24.1. The van der Waals surface area contributed by atoms with Crippen LogP contribution in [0.15, 0.2) is 82.7 Å². The van der Waals surface area contributed by atoms with Crippen molar-refractivity contribution in [1.82, 2.24) is 20.4 Å². The first-order chi connectivity index (χ1) is 23.9. The molecule has 0 spiro atoms. The number of thioether (sulfide) groups is 2. The Kier molecular flexibility index (Phi) is 17.4. The Morgan fingerprint density at radius 2 is 1.06 bits per heavy atom. The summed E-state index contributed by atoms with van der Waals surface area (Å²) in [6.07, 6.45) is 0. The van der Waals surface area contributed by atoms with E-state index in [1.54, 1.807) is 60.7 Å². The maximum atomic E-state index is 12.3. The third-order valence-corrected chi connectivity index (χ3v) is 13.0. The largest absolute Gasteiger partial charge is 1.00 e. The summed E-state index contributed by atoms with van der Waals surface area (Å²) in [4.78, 5) is 74.5. The first kappa shape index (κ1) is 45.1. The van der Waals surface area contributed by atoms with Crippen LogP contribution in [-0.2, 0) is 28.3 Å². The molecular formula is C30H34N6Na2O10P2S2. The van der Waals surface area contributed by atoms with Gasteiger partial charge in [-0.2, -0.15) is 0 Å². The Morgan fingerprint density at radius 1 is 0.731 bits per heavy atom. The summed E-state index contributed by atoms with van der Waals surface area (Å²) in [7, 11) is -6.79. The summed E-state index contributed by atoms with van der Waals surface area (Å²) < 4.78 is 23.0. The van der Waals surface area contributed by atoms with Crippen LogP contribution in [0.3, 0.4) is 0 Å². The molecule has 268 valence electrons. The van der Waals surface area contributed by atoms with Crippen molar-refractivity contribution in [3.8, 4) is 0 Å². The number of carbonyl (C=O) groups is 4. The molecule has 0 bridgehead atoms. The number of amides is 4. The van der Waals surface area contributed by atoms with Crippen molar-refractivity contribution in [2.24, 2.45) is 11.5 Å². The van der Waals surface area contributed by atoms with Crippen molar-refractivity contribution in [2.45, 2.75) is 34.9 Å². The van der Waals surface area contributed by atoms with Gasteiger partial charge >= 0.3 is 59.1 Å². The van der Waals surface area contributed by atoms with Crippen LogP contribution in [0.5, 0.6) is 0 Å². The fourth-order valence-electron chi connectivity index (χ4n) is 5.70. The topological polar surface area (TPSA) is 272 Å². The number of nitrogens with two attached hydrogens (primary N) is 2. The van der Waals surface area contributed by atoms with Crippen molar-refractivity contribution in [3.63, 3.8) is 0 Å². The number of hydrogen-bond donors (Lipinski definition) is 6. The number of nitrogens with one attached hydrogen (secondary N) is 2. The Hall–Kier alpha value is -1.28. The zero-order valence-corrected chi connectivity index (χ0v) is 35.7. The van der Waals surface area contributed by atoms with Gasteiger partial charge in [0.25, 0.3) is 11.8 Å². The molecule has 2 fully saturated rings. The van der Waals surface area contributed by atoms with Crippen LogP contribution in [-0.4, -0.2) is 91.2 Å². The van der Waals surface area contributed by atoms with Crippen LogP contribution in [0.4, 0.5) is 0 Å². The van der Waals surface area contributed by atoms with Crippen LogP contribution in [0.25, 0.3) is 0 Å². The Morgan fingerprint density at radius 3 is 1.35 bits per heavy atom. The molecule has 4 aliphatic rings. The van der Waals surface area contributed by atoms with E-state index in [0.717, 1.165) is 9.80 Å². The first-order valence-corrected chi connectivity index (χ1v) is 19.8. The van der Waals surface area contributed by atoms with Crippen molar-refractivity contribution < 1.29 is 107 Å². The maximum absolute atomic E-state index is 12.3. The molecule has 4 heterocycles. The van der Waals surface area contributed by atoms with Crippen LogP contribution < -0.4 is 91.0 Å². The molecular weight excluding hydrogens is 776 g/mol. The number of aliphatic hydroxyl groups is 2. The predicted octanol–water partition coefficient (Wildman–Crippen LogP) is -7.74. The minimum atomic E-state index is -3.39. The monoisotopic (exact) mass is 810 g/mol. The summed E-state index contributed by atoms with van der Waals surface area (Å²) in [5.41, 5.74) is 13.4. The third-order valence-electron chi connectivity index (χ3n) is 8.34. The summed E-state index contributed by atoms with van der Waals surface area (Å²) in [5, 5.41) is 22.7. The SMILES string of the molecule is NC(C(=O)N[C@@H]1C(=O)N2C([PH](=O)[O-])=C(CO)CS[C@@H]12)c1ccccc1.NC(C(=O)N[C@@H]1C(=O)N2C([PH](=O)[O-])=C(CO)CS[C@@H]12)c1ccccc1.[Na+].[Na+]. The Bertz CT molecular complexity index is 1650. The van der Waals surface area contributed by atoms with Gasteiger partial charge in [0.2, 0.25) is 11.8 Å². The van der Waals surface area contributed by atoms with Crippen LogP contribution in [0, 0.1) is 0 Å². The molecule has 0 radical (unpaired) electrons. The maximum Gasteiger partial charge on any atom is 1.00 e. The fraction of sp³-hybridized carbons (Fsp3) is 0.333. The molecule has 8 atom stereocenters. The molecule has 4 amide bonds. The molecule has 22 heteroatoms. The average molecular weight is 811 g/mol. The molecule has 0 aliphatic carbocycles. The number of nitrogens with zero attached hydrogens (tertiary/aromatic N) is 2. The van der Waals surface area contributed by atoms with Gasteiger partial charge in [-0.05, 0) is 22.3 Å². The van der Waals surface area contributed by atoms with Gasteiger partial charge in [0.05, 0.1) is 24.1 Å². The minimum Gasteiger partial charge on any atom is -0.797 e. The van der Waals surface area contributed by atoms with E-state index in [1.807, 2.05) is 0 Å². The molecule has 4 unspecified atom stereocenters. The van der Waals surface area contributed by atoms with Crippen molar-refractivity contribution in [1.29, 1.82) is 0 Å².